The Hall–Kier alpha value is -0.530. The van der Waals surface area contributed by atoms with Crippen LogP contribution in [0.4, 0.5) is 0 Å². The summed E-state index contributed by atoms with van der Waals surface area (Å²) < 4.78 is 0. The number of rotatable bonds is 1. The molecule has 2 heteroatoms. The molecule has 0 heterocycles. The molecule has 0 aromatic carbocycles. The zero-order valence-electron chi connectivity index (χ0n) is 8.65. The van der Waals surface area contributed by atoms with Gasteiger partial charge >= 0.3 is 5.97 Å². The van der Waals surface area contributed by atoms with Gasteiger partial charge in [-0.2, -0.15) is 0 Å². The minimum atomic E-state index is -0.550. The summed E-state index contributed by atoms with van der Waals surface area (Å²) >= 11 is 0. The topological polar surface area (TPSA) is 37.3 Å². The largest absolute Gasteiger partial charge is 0.481 e. The summed E-state index contributed by atoms with van der Waals surface area (Å²) in [5.41, 5.74) is 0. The summed E-state index contributed by atoms with van der Waals surface area (Å²) in [5.74, 6) is 3.60. The van der Waals surface area contributed by atoms with Gasteiger partial charge in [-0.25, -0.2) is 0 Å². The minimum Gasteiger partial charge on any atom is -0.481 e. The highest BCUT2D eigenvalue weighted by molar-refractivity contribution is 5.70. The molecule has 3 aliphatic rings. The van der Waals surface area contributed by atoms with Crippen LogP contribution in [0.1, 0.15) is 32.6 Å². The molecule has 3 saturated carbocycles. The molecule has 0 amide bonds. The van der Waals surface area contributed by atoms with Gasteiger partial charge in [0.25, 0.3) is 0 Å². The van der Waals surface area contributed by atoms with Crippen LogP contribution in [0, 0.1) is 35.5 Å². The second kappa shape index (κ2) is 2.74. The summed E-state index contributed by atoms with van der Waals surface area (Å²) in [6.45, 7) is 2.36. The van der Waals surface area contributed by atoms with Crippen LogP contribution in [0.3, 0.4) is 0 Å². The Morgan fingerprint density at radius 3 is 2.50 bits per heavy atom. The standard InChI is InChI=1S/C12H18O2/c1-6-2-7-3-9(6)11-5-8(12(13)14)4-10(7)11/h6-11H,2-5H2,1H3,(H,13,14). The Bertz CT molecular complexity index is 273. The molecule has 0 aliphatic heterocycles. The fourth-order valence-electron chi connectivity index (χ4n) is 4.62. The number of carbonyl (C=O) groups is 1. The molecule has 1 N–H and O–H groups in total. The highest BCUT2D eigenvalue weighted by Crippen LogP contribution is 2.61. The van der Waals surface area contributed by atoms with Crippen molar-refractivity contribution < 1.29 is 9.90 Å². The zero-order valence-corrected chi connectivity index (χ0v) is 8.65. The third-order valence-electron chi connectivity index (χ3n) is 5.15. The molecule has 2 bridgehead atoms. The summed E-state index contributed by atoms with van der Waals surface area (Å²) in [4.78, 5) is 10.9. The van der Waals surface area contributed by atoms with Gasteiger partial charge in [-0.3, -0.25) is 4.79 Å². The van der Waals surface area contributed by atoms with Gasteiger partial charge in [0.2, 0.25) is 0 Å². The highest BCUT2D eigenvalue weighted by atomic mass is 16.4. The lowest BCUT2D eigenvalue weighted by Crippen LogP contribution is -2.22. The van der Waals surface area contributed by atoms with Crippen molar-refractivity contribution in [2.45, 2.75) is 32.6 Å². The molecule has 2 nitrogen and oxygen atoms in total. The molecule has 6 atom stereocenters. The minimum absolute atomic E-state index is 0.0133. The lowest BCUT2D eigenvalue weighted by Gasteiger charge is -2.28. The smallest absolute Gasteiger partial charge is 0.306 e. The molecule has 0 radical (unpaired) electrons. The van der Waals surface area contributed by atoms with Crippen LogP contribution in [0.15, 0.2) is 0 Å². The van der Waals surface area contributed by atoms with E-state index in [-0.39, 0.29) is 5.92 Å². The quantitative estimate of drug-likeness (QED) is 0.696. The maximum Gasteiger partial charge on any atom is 0.306 e. The first kappa shape index (κ1) is 8.75. The molecule has 0 aromatic heterocycles. The number of hydrogen-bond donors (Lipinski definition) is 1. The number of fused-ring (bicyclic) bond motifs is 5. The van der Waals surface area contributed by atoms with E-state index >= 15 is 0 Å². The molecule has 14 heavy (non-hydrogen) atoms. The Kier molecular flexibility index (Phi) is 1.71. The molecule has 0 saturated heterocycles. The number of carboxylic acid groups (broad SMARTS) is 1. The van der Waals surface area contributed by atoms with Gasteiger partial charge in [-0.15, -0.1) is 0 Å². The Balaban J connectivity index is 1.80. The molecular weight excluding hydrogens is 176 g/mol. The van der Waals surface area contributed by atoms with Gasteiger partial charge in [0.15, 0.2) is 0 Å². The van der Waals surface area contributed by atoms with Crippen LogP contribution in [0.5, 0.6) is 0 Å². The van der Waals surface area contributed by atoms with Crippen molar-refractivity contribution in [3.8, 4) is 0 Å². The third kappa shape index (κ3) is 0.999. The molecule has 78 valence electrons. The normalized spacial score (nSPS) is 54.9. The van der Waals surface area contributed by atoms with Gasteiger partial charge in [-0.1, -0.05) is 6.92 Å². The Labute approximate surface area is 84.7 Å². The summed E-state index contributed by atoms with van der Waals surface area (Å²) in [6, 6.07) is 0. The van der Waals surface area contributed by atoms with E-state index in [1.807, 2.05) is 0 Å². The van der Waals surface area contributed by atoms with Gasteiger partial charge < -0.3 is 5.11 Å². The van der Waals surface area contributed by atoms with Crippen LogP contribution >= 0.6 is 0 Å². The van der Waals surface area contributed by atoms with E-state index in [1.165, 1.54) is 12.8 Å². The van der Waals surface area contributed by atoms with Crippen LogP contribution in [-0.4, -0.2) is 11.1 Å². The average Bonchev–Trinajstić information content (AvgIpc) is 2.70. The van der Waals surface area contributed by atoms with Gasteiger partial charge in [0.05, 0.1) is 5.92 Å². The predicted octanol–water partition coefficient (Wildman–Crippen LogP) is 2.39. The summed E-state index contributed by atoms with van der Waals surface area (Å²) in [5, 5.41) is 9.03. The second-order valence-electron chi connectivity index (χ2n) is 5.71. The molecule has 0 aromatic rings. The Morgan fingerprint density at radius 1 is 1.07 bits per heavy atom. The summed E-state index contributed by atoms with van der Waals surface area (Å²) in [6.07, 6.45) is 4.74. The number of carboxylic acids is 1. The second-order valence-corrected chi connectivity index (χ2v) is 5.71. The Morgan fingerprint density at radius 2 is 1.79 bits per heavy atom. The van der Waals surface area contributed by atoms with E-state index in [9.17, 15) is 4.79 Å². The van der Waals surface area contributed by atoms with E-state index in [1.54, 1.807) is 0 Å². The molecule has 3 rings (SSSR count). The maximum absolute atomic E-state index is 10.9. The maximum atomic E-state index is 10.9. The third-order valence-corrected chi connectivity index (χ3v) is 5.15. The predicted molar refractivity (Wildman–Crippen MR) is 52.7 cm³/mol. The fraction of sp³-hybridized carbons (Fsp3) is 0.917. The monoisotopic (exact) mass is 194 g/mol. The first-order valence-electron chi connectivity index (χ1n) is 5.89. The average molecular weight is 194 g/mol. The van der Waals surface area contributed by atoms with Crippen LogP contribution < -0.4 is 0 Å². The van der Waals surface area contributed by atoms with Gasteiger partial charge in [0, 0.05) is 0 Å². The van der Waals surface area contributed by atoms with Crippen molar-refractivity contribution in [3.05, 3.63) is 0 Å². The highest BCUT2D eigenvalue weighted by Gasteiger charge is 2.55. The van der Waals surface area contributed by atoms with Crippen molar-refractivity contribution in [1.82, 2.24) is 0 Å². The van der Waals surface area contributed by atoms with E-state index in [0.717, 1.165) is 42.4 Å². The first-order valence-corrected chi connectivity index (χ1v) is 5.89. The summed E-state index contributed by atoms with van der Waals surface area (Å²) in [7, 11) is 0. The molecule has 6 unspecified atom stereocenters. The van der Waals surface area contributed by atoms with Crippen molar-refractivity contribution in [2.24, 2.45) is 35.5 Å². The van der Waals surface area contributed by atoms with E-state index in [2.05, 4.69) is 6.92 Å². The molecular formula is C12H18O2. The molecule has 3 fully saturated rings. The van der Waals surface area contributed by atoms with E-state index in [4.69, 9.17) is 5.11 Å². The van der Waals surface area contributed by atoms with Crippen LogP contribution in [0.25, 0.3) is 0 Å². The van der Waals surface area contributed by atoms with E-state index in [0.29, 0.717) is 0 Å². The van der Waals surface area contributed by atoms with Crippen LogP contribution in [-0.2, 0) is 4.79 Å². The lowest BCUT2D eigenvalue weighted by atomic mass is 9.77. The van der Waals surface area contributed by atoms with E-state index < -0.39 is 5.97 Å². The van der Waals surface area contributed by atoms with Crippen molar-refractivity contribution in [2.75, 3.05) is 0 Å². The van der Waals surface area contributed by atoms with Gasteiger partial charge in [-0.05, 0) is 55.3 Å². The molecule has 3 aliphatic carbocycles. The number of aliphatic carboxylic acids is 1. The van der Waals surface area contributed by atoms with Crippen molar-refractivity contribution in [3.63, 3.8) is 0 Å². The SMILES string of the molecule is CC1CC2CC1C1CC(C(=O)O)CC21. The van der Waals surface area contributed by atoms with Crippen molar-refractivity contribution >= 4 is 5.97 Å². The lowest BCUT2D eigenvalue weighted by molar-refractivity contribution is -0.141. The first-order chi connectivity index (χ1) is 6.66. The van der Waals surface area contributed by atoms with Crippen molar-refractivity contribution in [1.29, 1.82) is 0 Å². The zero-order chi connectivity index (χ0) is 9.87. The van der Waals surface area contributed by atoms with Crippen LogP contribution in [0.2, 0.25) is 0 Å². The number of hydrogen-bond acceptors (Lipinski definition) is 1. The van der Waals surface area contributed by atoms with Gasteiger partial charge in [0.1, 0.15) is 0 Å². The fourth-order valence-corrected chi connectivity index (χ4v) is 4.62. The molecule has 0 spiro atoms.